The lowest BCUT2D eigenvalue weighted by Gasteiger charge is -2.11. The van der Waals surface area contributed by atoms with Crippen LogP contribution in [0.5, 0.6) is 0 Å². The van der Waals surface area contributed by atoms with Crippen LogP contribution in [0.1, 0.15) is 0 Å². The zero-order valence-corrected chi connectivity index (χ0v) is 16.1. The van der Waals surface area contributed by atoms with Crippen molar-refractivity contribution in [2.75, 3.05) is 19.1 Å². The van der Waals surface area contributed by atoms with Crippen LogP contribution in [-0.4, -0.2) is 33.5 Å². The van der Waals surface area contributed by atoms with Gasteiger partial charge in [0, 0.05) is 4.47 Å². The molecule has 0 heterocycles. The van der Waals surface area contributed by atoms with Crippen molar-refractivity contribution >= 4 is 55.3 Å². The number of carbonyl (C=O) groups is 1. The highest BCUT2D eigenvalue weighted by Gasteiger charge is 2.23. The van der Waals surface area contributed by atoms with Crippen LogP contribution < -0.4 is 0 Å². The van der Waals surface area contributed by atoms with E-state index in [1.165, 1.54) is 37.1 Å². The number of hydrogen-bond acceptors (Lipinski definition) is 6. The highest BCUT2D eigenvalue weighted by Crippen LogP contribution is 2.35. The summed E-state index contributed by atoms with van der Waals surface area (Å²) in [5.74, 6) is -0.377. The smallest absolute Gasteiger partial charge is 0.316 e. The van der Waals surface area contributed by atoms with Crippen molar-refractivity contribution < 1.29 is 17.9 Å². The topological polar surface area (TPSA) is 60.4 Å². The van der Waals surface area contributed by atoms with Crippen LogP contribution in [-0.2, 0) is 19.4 Å². The zero-order valence-electron chi connectivity index (χ0n) is 12.0. The molecule has 0 saturated heterocycles. The van der Waals surface area contributed by atoms with Gasteiger partial charge in [0.05, 0.1) is 26.9 Å². The summed E-state index contributed by atoms with van der Waals surface area (Å²) in [6.45, 7) is 3.60. The van der Waals surface area contributed by atoms with E-state index in [4.69, 9.17) is 0 Å². The van der Waals surface area contributed by atoms with Crippen LogP contribution in [0.15, 0.2) is 55.4 Å². The summed E-state index contributed by atoms with van der Waals surface area (Å²) in [5, 5.41) is 0. The second kappa shape index (κ2) is 8.81. The quantitative estimate of drug-likeness (QED) is 0.491. The minimum absolute atomic E-state index is 0.0397. The number of thioether (sulfide) groups is 2. The van der Waals surface area contributed by atoms with Gasteiger partial charge in [0.15, 0.2) is 0 Å². The van der Waals surface area contributed by atoms with E-state index in [0.29, 0.717) is 8.71 Å². The number of sulfone groups is 1. The maximum atomic E-state index is 12.7. The van der Waals surface area contributed by atoms with Crippen LogP contribution >= 0.6 is 39.5 Å². The third-order valence-electron chi connectivity index (χ3n) is 2.52. The minimum atomic E-state index is -3.70. The molecule has 1 aromatic carbocycles. The van der Waals surface area contributed by atoms with Gasteiger partial charge in [0.25, 0.3) is 0 Å². The van der Waals surface area contributed by atoms with Gasteiger partial charge >= 0.3 is 5.97 Å². The van der Waals surface area contributed by atoms with E-state index in [-0.39, 0.29) is 15.6 Å². The Kier molecular flexibility index (Phi) is 7.75. The Morgan fingerprint density at radius 1 is 1.45 bits per heavy atom. The number of hydrogen-bond donors (Lipinski definition) is 0. The fourth-order valence-corrected chi connectivity index (χ4v) is 5.87. The third kappa shape index (κ3) is 4.91. The van der Waals surface area contributed by atoms with Crippen molar-refractivity contribution in [2.24, 2.45) is 0 Å². The molecule has 8 heteroatoms. The van der Waals surface area contributed by atoms with Crippen molar-refractivity contribution in [3.63, 3.8) is 0 Å². The summed E-state index contributed by atoms with van der Waals surface area (Å²) in [6.07, 6.45) is 3.05. The molecule has 120 valence electrons. The molecule has 0 N–H and O–H groups in total. The second-order valence-corrected chi connectivity index (χ2v) is 8.78. The van der Waals surface area contributed by atoms with E-state index >= 15 is 0 Å². The number of esters is 1. The van der Waals surface area contributed by atoms with Crippen LogP contribution in [0.25, 0.3) is 0 Å². The number of carbonyl (C=O) groups excluding carboxylic acids is 1. The number of ether oxygens (including phenoxy) is 1. The van der Waals surface area contributed by atoms with Gasteiger partial charge in [-0.05, 0) is 30.5 Å². The summed E-state index contributed by atoms with van der Waals surface area (Å²) in [5.41, 5.74) is 0. The van der Waals surface area contributed by atoms with Gasteiger partial charge in [-0.1, -0.05) is 28.6 Å². The number of halogens is 1. The zero-order chi connectivity index (χ0) is 16.8. The molecule has 0 aliphatic rings. The van der Waals surface area contributed by atoms with Crippen molar-refractivity contribution in [2.45, 2.75) is 4.90 Å². The van der Waals surface area contributed by atoms with Crippen LogP contribution in [0, 0.1) is 0 Å². The average molecular weight is 423 g/mol. The molecule has 0 unspecified atom stereocenters. The molecule has 22 heavy (non-hydrogen) atoms. The molecule has 0 spiro atoms. The van der Waals surface area contributed by atoms with E-state index in [1.807, 2.05) is 0 Å². The van der Waals surface area contributed by atoms with Crippen molar-refractivity contribution in [1.82, 2.24) is 0 Å². The summed E-state index contributed by atoms with van der Waals surface area (Å²) >= 11 is 5.63. The van der Waals surface area contributed by atoms with Gasteiger partial charge in [-0.3, -0.25) is 4.79 Å². The van der Waals surface area contributed by atoms with Crippen molar-refractivity contribution in [1.29, 1.82) is 0 Å². The first-order valence-corrected chi connectivity index (χ1v) is 10.5. The van der Waals surface area contributed by atoms with E-state index in [0.717, 1.165) is 11.8 Å². The van der Waals surface area contributed by atoms with Crippen LogP contribution in [0.2, 0.25) is 0 Å². The molecule has 0 aliphatic heterocycles. The highest BCUT2D eigenvalue weighted by molar-refractivity contribution is 9.10. The predicted molar refractivity (Wildman–Crippen MR) is 96.5 cm³/mol. The van der Waals surface area contributed by atoms with Gasteiger partial charge in [0.1, 0.15) is 0 Å². The summed E-state index contributed by atoms with van der Waals surface area (Å²) in [4.78, 5) is 11.5. The number of benzene rings is 1. The molecular weight excluding hydrogens is 408 g/mol. The molecule has 1 aromatic rings. The van der Waals surface area contributed by atoms with Gasteiger partial charge in [0.2, 0.25) is 9.84 Å². The number of rotatable bonds is 7. The lowest BCUT2D eigenvalue weighted by Crippen LogP contribution is -2.07. The summed E-state index contributed by atoms with van der Waals surface area (Å²) < 4.78 is 31.2. The van der Waals surface area contributed by atoms with Crippen LogP contribution in [0.4, 0.5) is 0 Å². The van der Waals surface area contributed by atoms with Gasteiger partial charge < -0.3 is 4.74 Å². The molecule has 0 saturated carbocycles. The van der Waals surface area contributed by atoms with E-state index in [1.54, 1.807) is 18.4 Å². The molecule has 0 atom stereocenters. The Morgan fingerprint density at radius 3 is 2.64 bits per heavy atom. The largest absolute Gasteiger partial charge is 0.468 e. The maximum absolute atomic E-state index is 12.7. The summed E-state index contributed by atoms with van der Waals surface area (Å²) in [6, 6.07) is 6.45. The molecule has 0 bridgehead atoms. The minimum Gasteiger partial charge on any atom is -0.468 e. The highest BCUT2D eigenvalue weighted by atomic mass is 79.9. The Morgan fingerprint density at radius 2 is 2.14 bits per heavy atom. The molecular formula is C14H15BrO4S3. The molecule has 0 fully saturated rings. The first kappa shape index (κ1) is 19.3. The average Bonchev–Trinajstić information content (AvgIpc) is 2.50. The van der Waals surface area contributed by atoms with E-state index in [2.05, 4.69) is 27.2 Å². The molecule has 0 amide bonds. The normalized spacial score (nSPS) is 12.5. The van der Waals surface area contributed by atoms with E-state index in [9.17, 15) is 13.2 Å². The number of methoxy groups -OCH3 is 1. The van der Waals surface area contributed by atoms with Gasteiger partial charge in [-0.25, -0.2) is 8.42 Å². The first-order chi connectivity index (χ1) is 10.4. The monoisotopic (exact) mass is 422 g/mol. The third-order valence-corrected chi connectivity index (χ3v) is 7.40. The molecule has 4 nitrogen and oxygen atoms in total. The Labute approximate surface area is 147 Å². The molecule has 0 radical (unpaired) electrons. The molecule has 0 aliphatic carbocycles. The predicted octanol–water partition coefficient (Wildman–Crippen LogP) is 3.85. The fraction of sp³-hybridized carbons (Fsp3) is 0.214. The van der Waals surface area contributed by atoms with Gasteiger partial charge in [-0.15, -0.1) is 23.5 Å². The second-order valence-electron chi connectivity index (χ2n) is 3.89. The van der Waals surface area contributed by atoms with Crippen molar-refractivity contribution in [3.8, 4) is 0 Å². The number of allylic oxidation sites excluding steroid dienone is 1. The standard InChI is InChI=1S/C14H15BrO4S3/c1-4-12(14(20-3)21-9-13(16)19-2)22(17,18)11-7-5-6-10(15)8-11/h4-8H,1,9H2,2-3H3/b14-12+. The fourth-order valence-electron chi connectivity index (χ4n) is 1.48. The first-order valence-electron chi connectivity index (χ1n) is 5.97. The van der Waals surface area contributed by atoms with Gasteiger partial charge in [-0.2, -0.15) is 0 Å². The maximum Gasteiger partial charge on any atom is 0.316 e. The summed E-state index contributed by atoms with van der Waals surface area (Å²) in [7, 11) is -2.41. The lowest BCUT2D eigenvalue weighted by atomic mass is 10.4. The molecule has 1 rings (SSSR count). The Bertz CT molecular complexity index is 696. The molecule has 0 aromatic heterocycles. The van der Waals surface area contributed by atoms with Crippen molar-refractivity contribution in [3.05, 3.63) is 50.5 Å². The Balaban J connectivity index is 3.28. The van der Waals surface area contributed by atoms with Crippen LogP contribution in [0.3, 0.4) is 0 Å². The lowest BCUT2D eigenvalue weighted by molar-refractivity contribution is -0.137. The Hall–Kier alpha value is -0.700. The van der Waals surface area contributed by atoms with E-state index < -0.39 is 15.8 Å². The SMILES string of the molecule is C=C/C(=C(/SC)SCC(=O)OC)S(=O)(=O)c1cccc(Br)c1.